The molecule has 1 amide bonds. The van der Waals surface area contributed by atoms with Gasteiger partial charge in [0.1, 0.15) is 0 Å². The van der Waals surface area contributed by atoms with Gasteiger partial charge in [0.25, 0.3) is 5.69 Å². The zero-order chi connectivity index (χ0) is 15.1. The van der Waals surface area contributed by atoms with Crippen LogP contribution in [0.15, 0.2) is 18.2 Å². The van der Waals surface area contributed by atoms with Crippen LogP contribution >= 0.6 is 11.6 Å². The number of hydrogen-bond donors (Lipinski definition) is 2. The second kappa shape index (κ2) is 7.81. The van der Waals surface area contributed by atoms with E-state index in [1.54, 1.807) is 0 Å². The summed E-state index contributed by atoms with van der Waals surface area (Å²) in [5.41, 5.74) is 0.161. The van der Waals surface area contributed by atoms with Crippen LogP contribution in [0, 0.1) is 10.1 Å². The third-order valence-corrected chi connectivity index (χ3v) is 2.90. The lowest BCUT2D eigenvalue weighted by Gasteiger charge is -2.09. The molecule has 20 heavy (non-hydrogen) atoms. The number of benzene rings is 1. The highest BCUT2D eigenvalue weighted by Gasteiger charge is 2.11. The Morgan fingerprint density at radius 2 is 2.15 bits per heavy atom. The van der Waals surface area contributed by atoms with Crippen molar-refractivity contribution in [1.29, 1.82) is 0 Å². The summed E-state index contributed by atoms with van der Waals surface area (Å²) in [6, 6.07) is 4.33. The third-order valence-electron chi connectivity index (χ3n) is 2.57. The minimum Gasteiger partial charge on any atom is -0.325 e. The van der Waals surface area contributed by atoms with Crippen LogP contribution in [0.5, 0.6) is 0 Å². The molecule has 1 aromatic carbocycles. The summed E-state index contributed by atoms with van der Waals surface area (Å²) in [7, 11) is 0. The normalized spacial score (nSPS) is 10.6. The van der Waals surface area contributed by atoms with Crippen LogP contribution in [-0.2, 0) is 4.79 Å². The van der Waals surface area contributed by atoms with E-state index >= 15 is 0 Å². The second-order valence-corrected chi connectivity index (χ2v) is 5.09. The smallest absolute Gasteiger partial charge is 0.271 e. The van der Waals surface area contributed by atoms with Gasteiger partial charge >= 0.3 is 0 Å². The standard InChI is InChI=1S/C13H18ClN3O3/c1-9(2)15-7-3-4-13(18)16-12-8-10(17(19)20)5-6-11(12)14/h5-6,8-9,15H,3-4,7H2,1-2H3,(H,16,18). The number of halogens is 1. The van der Waals surface area contributed by atoms with Gasteiger partial charge in [0.05, 0.1) is 15.6 Å². The molecule has 2 N–H and O–H groups in total. The van der Waals surface area contributed by atoms with Gasteiger partial charge in [-0.25, -0.2) is 0 Å². The predicted octanol–water partition coefficient (Wildman–Crippen LogP) is 2.96. The number of nitro benzene ring substituents is 1. The Balaban J connectivity index is 2.53. The summed E-state index contributed by atoms with van der Waals surface area (Å²) in [6.45, 7) is 4.81. The first kappa shape index (κ1) is 16.4. The Bertz CT molecular complexity index is 492. The monoisotopic (exact) mass is 299 g/mol. The zero-order valence-corrected chi connectivity index (χ0v) is 12.2. The first-order chi connectivity index (χ1) is 9.40. The number of nitrogens with one attached hydrogen (secondary N) is 2. The Morgan fingerprint density at radius 1 is 1.45 bits per heavy atom. The lowest BCUT2D eigenvalue weighted by atomic mass is 10.2. The molecule has 0 aromatic heterocycles. The molecule has 1 rings (SSSR count). The number of non-ortho nitro benzene ring substituents is 1. The van der Waals surface area contributed by atoms with Crippen molar-refractivity contribution in [1.82, 2.24) is 5.32 Å². The Morgan fingerprint density at radius 3 is 2.75 bits per heavy atom. The number of nitrogens with zero attached hydrogens (tertiary/aromatic N) is 1. The maximum absolute atomic E-state index is 11.7. The number of hydrogen-bond acceptors (Lipinski definition) is 4. The van der Waals surface area contributed by atoms with Crippen molar-refractivity contribution >= 4 is 28.9 Å². The number of carbonyl (C=O) groups excluding carboxylic acids is 1. The molecule has 0 bridgehead atoms. The van der Waals surface area contributed by atoms with Crippen LogP contribution in [-0.4, -0.2) is 23.4 Å². The van der Waals surface area contributed by atoms with E-state index in [1.807, 2.05) is 13.8 Å². The number of anilines is 1. The summed E-state index contributed by atoms with van der Waals surface area (Å²) >= 11 is 5.90. The summed E-state index contributed by atoms with van der Waals surface area (Å²) < 4.78 is 0. The van der Waals surface area contributed by atoms with Gasteiger partial charge in [0.15, 0.2) is 0 Å². The van der Waals surface area contributed by atoms with E-state index in [2.05, 4.69) is 10.6 Å². The number of amides is 1. The van der Waals surface area contributed by atoms with Crippen molar-refractivity contribution in [2.75, 3.05) is 11.9 Å². The van der Waals surface area contributed by atoms with Crippen LogP contribution in [0.25, 0.3) is 0 Å². The van der Waals surface area contributed by atoms with Crippen LogP contribution < -0.4 is 10.6 Å². The molecular weight excluding hydrogens is 282 g/mol. The molecule has 0 atom stereocenters. The molecule has 1 aromatic rings. The van der Waals surface area contributed by atoms with E-state index < -0.39 is 4.92 Å². The zero-order valence-electron chi connectivity index (χ0n) is 11.5. The molecule has 0 unspecified atom stereocenters. The fourth-order valence-corrected chi connectivity index (χ4v) is 1.74. The van der Waals surface area contributed by atoms with Crippen LogP contribution in [0.1, 0.15) is 26.7 Å². The molecule has 0 fully saturated rings. The van der Waals surface area contributed by atoms with Gasteiger partial charge in [-0.05, 0) is 19.0 Å². The Kier molecular flexibility index (Phi) is 6.41. The molecule has 0 aliphatic rings. The summed E-state index contributed by atoms with van der Waals surface area (Å²) in [6.07, 6.45) is 1.02. The number of nitro groups is 1. The lowest BCUT2D eigenvalue weighted by Crippen LogP contribution is -2.24. The van der Waals surface area contributed by atoms with Crippen molar-refractivity contribution in [2.24, 2.45) is 0 Å². The van der Waals surface area contributed by atoms with E-state index in [1.165, 1.54) is 18.2 Å². The van der Waals surface area contributed by atoms with E-state index in [0.29, 0.717) is 18.9 Å². The minimum absolute atomic E-state index is 0.105. The Labute approximate surface area is 122 Å². The molecule has 110 valence electrons. The first-order valence-electron chi connectivity index (χ1n) is 6.37. The second-order valence-electron chi connectivity index (χ2n) is 4.68. The molecule has 0 spiro atoms. The molecule has 6 nitrogen and oxygen atoms in total. The topological polar surface area (TPSA) is 84.3 Å². The molecule has 0 heterocycles. The van der Waals surface area contributed by atoms with Gasteiger partial charge in [0.2, 0.25) is 5.91 Å². The summed E-state index contributed by atoms with van der Waals surface area (Å²) in [5, 5.41) is 16.7. The van der Waals surface area contributed by atoms with Crippen molar-refractivity contribution in [3.63, 3.8) is 0 Å². The molecular formula is C13H18ClN3O3. The average molecular weight is 300 g/mol. The van der Waals surface area contributed by atoms with Crippen molar-refractivity contribution in [3.05, 3.63) is 33.3 Å². The molecule has 7 heteroatoms. The van der Waals surface area contributed by atoms with Crippen molar-refractivity contribution in [2.45, 2.75) is 32.7 Å². The van der Waals surface area contributed by atoms with Gasteiger partial charge in [0, 0.05) is 24.6 Å². The van der Waals surface area contributed by atoms with E-state index in [-0.39, 0.29) is 22.3 Å². The van der Waals surface area contributed by atoms with Gasteiger partial charge in [-0.3, -0.25) is 14.9 Å². The molecule has 0 aliphatic heterocycles. The van der Waals surface area contributed by atoms with E-state index in [0.717, 1.165) is 6.54 Å². The SMILES string of the molecule is CC(C)NCCCC(=O)Nc1cc([N+](=O)[O-])ccc1Cl. The molecule has 0 saturated carbocycles. The van der Waals surface area contributed by atoms with Crippen LogP contribution in [0.2, 0.25) is 5.02 Å². The molecule has 0 aliphatic carbocycles. The first-order valence-corrected chi connectivity index (χ1v) is 6.75. The van der Waals surface area contributed by atoms with Crippen LogP contribution in [0.3, 0.4) is 0 Å². The largest absolute Gasteiger partial charge is 0.325 e. The predicted molar refractivity (Wildman–Crippen MR) is 79.1 cm³/mol. The lowest BCUT2D eigenvalue weighted by molar-refractivity contribution is -0.384. The minimum atomic E-state index is -0.529. The third kappa shape index (κ3) is 5.54. The van der Waals surface area contributed by atoms with Gasteiger partial charge in [-0.2, -0.15) is 0 Å². The van der Waals surface area contributed by atoms with Gasteiger partial charge in [-0.15, -0.1) is 0 Å². The number of rotatable bonds is 7. The fourth-order valence-electron chi connectivity index (χ4n) is 1.58. The van der Waals surface area contributed by atoms with Crippen molar-refractivity contribution < 1.29 is 9.72 Å². The van der Waals surface area contributed by atoms with Crippen LogP contribution in [0.4, 0.5) is 11.4 Å². The highest BCUT2D eigenvalue weighted by molar-refractivity contribution is 6.33. The summed E-state index contributed by atoms with van der Waals surface area (Å²) in [5.74, 6) is -0.210. The average Bonchev–Trinajstić information content (AvgIpc) is 2.37. The van der Waals surface area contributed by atoms with E-state index in [9.17, 15) is 14.9 Å². The van der Waals surface area contributed by atoms with Gasteiger partial charge < -0.3 is 10.6 Å². The van der Waals surface area contributed by atoms with E-state index in [4.69, 9.17) is 11.6 Å². The Hall–Kier alpha value is -1.66. The highest BCUT2D eigenvalue weighted by atomic mass is 35.5. The molecule has 0 saturated heterocycles. The quantitative estimate of drug-likeness (QED) is 0.460. The van der Waals surface area contributed by atoms with Crippen molar-refractivity contribution in [3.8, 4) is 0 Å². The maximum Gasteiger partial charge on any atom is 0.271 e. The summed E-state index contributed by atoms with van der Waals surface area (Å²) in [4.78, 5) is 21.9. The highest BCUT2D eigenvalue weighted by Crippen LogP contribution is 2.26. The molecule has 0 radical (unpaired) electrons. The fraction of sp³-hybridized carbons (Fsp3) is 0.462. The maximum atomic E-state index is 11.7. The number of carbonyl (C=O) groups is 1. The van der Waals surface area contributed by atoms with Gasteiger partial charge in [-0.1, -0.05) is 25.4 Å².